The van der Waals surface area contributed by atoms with Gasteiger partial charge in [0.15, 0.2) is 0 Å². The average molecular weight is 296 g/mol. The maximum atomic E-state index is 14.0. The number of hydrogen-bond acceptors (Lipinski definition) is 2. The number of benzene rings is 1. The molecule has 0 saturated heterocycles. The first-order valence-electron chi connectivity index (χ1n) is 6.78. The number of hydrogen-bond donors (Lipinski definition) is 1. The molecule has 1 aromatic carbocycles. The smallest absolute Gasteiger partial charge is 0.145 e. The van der Waals surface area contributed by atoms with Gasteiger partial charge in [-0.05, 0) is 31.5 Å². The molecule has 0 radical (unpaired) electrons. The Kier molecular flexibility index (Phi) is 5.15. The summed E-state index contributed by atoms with van der Waals surface area (Å²) >= 11 is 5.82. The second-order valence-corrected chi connectivity index (χ2v) is 5.20. The van der Waals surface area contributed by atoms with Gasteiger partial charge in [-0.3, -0.25) is 4.68 Å². The fraction of sp³-hybridized carbons (Fsp3) is 0.400. The summed E-state index contributed by atoms with van der Waals surface area (Å²) in [6, 6.07) is 5.12. The molecule has 0 amide bonds. The Bertz CT molecular complexity index is 568. The summed E-state index contributed by atoms with van der Waals surface area (Å²) in [5, 5.41) is 7.68. The van der Waals surface area contributed by atoms with E-state index in [4.69, 9.17) is 11.6 Å². The van der Waals surface area contributed by atoms with Crippen molar-refractivity contribution < 1.29 is 4.39 Å². The van der Waals surface area contributed by atoms with Gasteiger partial charge in [0.25, 0.3) is 0 Å². The van der Waals surface area contributed by atoms with Gasteiger partial charge in [-0.15, -0.1) is 0 Å². The zero-order valence-electron chi connectivity index (χ0n) is 11.7. The monoisotopic (exact) mass is 295 g/mol. The van der Waals surface area contributed by atoms with Gasteiger partial charge >= 0.3 is 0 Å². The van der Waals surface area contributed by atoms with Crippen molar-refractivity contribution in [3.05, 3.63) is 52.6 Å². The van der Waals surface area contributed by atoms with Gasteiger partial charge in [-0.1, -0.05) is 30.7 Å². The molecule has 1 atom stereocenters. The first-order valence-corrected chi connectivity index (χ1v) is 7.16. The Morgan fingerprint density at radius 3 is 2.95 bits per heavy atom. The van der Waals surface area contributed by atoms with E-state index in [0.717, 1.165) is 18.5 Å². The van der Waals surface area contributed by atoms with Crippen LogP contribution in [0.1, 0.15) is 30.5 Å². The molecule has 0 aliphatic carbocycles. The maximum absolute atomic E-state index is 14.0. The molecular formula is C15H19ClFN3. The van der Waals surface area contributed by atoms with Gasteiger partial charge in [0.05, 0.1) is 11.2 Å². The van der Waals surface area contributed by atoms with Crippen LogP contribution in [0.25, 0.3) is 0 Å². The number of likely N-dealkylation sites (N-methyl/N-ethyl adjacent to an activating group) is 1. The third-order valence-corrected chi connectivity index (χ3v) is 3.60. The van der Waals surface area contributed by atoms with Crippen molar-refractivity contribution in [2.45, 2.75) is 32.4 Å². The third kappa shape index (κ3) is 3.38. The van der Waals surface area contributed by atoms with Crippen molar-refractivity contribution in [3.63, 3.8) is 0 Å². The highest BCUT2D eigenvalue weighted by molar-refractivity contribution is 6.30. The van der Waals surface area contributed by atoms with Crippen molar-refractivity contribution >= 4 is 11.6 Å². The fourth-order valence-corrected chi connectivity index (χ4v) is 2.42. The van der Waals surface area contributed by atoms with Crippen molar-refractivity contribution in [3.8, 4) is 0 Å². The predicted octanol–water partition coefficient (Wildman–Crippen LogP) is 3.59. The SMILES string of the molecule is CCCn1cc(C(Cc2cccc(Cl)c2F)NC)cn1. The standard InChI is InChI=1S/C15H19ClFN3/c1-3-7-20-10-12(9-19-20)14(18-2)8-11-5-4-6-13(16)15(11)17/h4-6,9-10,14,18H,3,7-8H2,1-2H3. The van der Waals surface area contributed by atoms with E-state index >= 15 is 0 Å². The average Bonchev–Trinajstić information content (AvgIpc) is 2.89. The van der Waals surface area contributed by atoms with Crippen LogP contribution in [-0.4, -0.2) is 16.8 Å². The Morgan fingerprint density at radius 2 is 2.25 bits per heavy atom. The molecule has 3 nitrogen and oxygen atoms in total. The second kappa shape index (κ2) is 6.86. The number of halogens is 2. The molecule has 1 heterocycles. The second-order valence-electron chi connectivity index (χ2n) is 4.80. The van der Waals surface area contributed by atoms with Gasteiger partial charge in [-0.25, -0.2) is 4.39 Å². The maximum Gasteiger partial charge on any atom is 0.145 e. The van der Waals surface area contributed by atoms with E-state index in [-0.39, 0.29) is 16.9 Å². The molecule has 0 aliphatic heterocycles. The summed E-state index contributed by atoms with van der Waals surface area (Å²) in [4.78, 5) is 0. The molecule has 0 fully saturated rings. The molecule has 1 aromatic heterocycles. The topological polar surface area (TPSA) is 29.9 Å². The van der Waals surface area contributed by atoms with E-state index < -0.39 is 0 Å². The summed E-state index contributed by atoms with van der Waals surface area (Å²) in [6.07, 6.45) is 5.42. The first-order chi connectivity index (χ1) is 9.65. The Hall–Kier alpha value is -1.39. The summed E-state index contributed by atoms with van der Waals surface area (Å²) in [5.74, 6) is -0.338. The van der Waals surface area contributed by atoms with E-state index in [1.807, 2.05) is 24.1 Å². The van der Waals surface area contributed by atoms with Crippen LogP contribution in [0.2, 0.25) is 5.02 Å². The summed E-state index contributed by atoms with van der Waals surface area (Å²) in [7, 11) is 1.87. The lowest BCUT2D eigenvalue weighted by atomic mass is 10.0. The molecule has 0 spiro atoms. The van der Waals surface area contributed by atoms with Crippen LogP contribution in [-0.2, 0) is 13.0 Å². The zero-order valence-corrected chi connectivity index (χ0v) is 12.5. The van der Waals surface area contributed by atoms with Crippen LogP contribution in [0.4, 0.5) is 4.39 Å². The molecule has 2 rings (SSSR count). The minimum absolute atomic E-state index is 0.0218. The molecule has 2 aromatic rings. The first kappa shape index (κ1) is 15.0. The Morgan fingerprint density at radius 1 is 1.45 bits per heavy atom. The summed E-state index contributed by atoms with van der Waals surface area (Å²) < 4.78 is 15.9. The molecule has 5 heteroatoms. The van der Waals surface area contributed by atoms with Gasteiger partial charge in [0, 0.05) is 24.3 Å². The molecule has 0 aliphatic rings. The van der Waals surface area contributed by atoms with E-state index in [9.17, 15) is 4.39 Å². The van der Waals surface area contributed by atoms with E-state index in [1.54, 1.807) is 18.2 Å². The lowest BCUT2D eigenvalue weighted by Gasteiger charge is -2.15. The third-order valence-electron chi connectivity index (χ3n) is 3.31. The minimum Gasteiger partial charge on any atom is -0.313 e. The zero-order chi connectivity index (χ0) is 14.5. The van der Waals surface area contributed by atoms with Gasteiger partial charge < -0.3 is 5.32 Å². The Balaban J connectivity index is 2.17. The Labute approximate surface area is 123 Å². The lowest BCUT2D eigenvalue weighted by Crippen LogP contribution is -2.19. The van der Waals surface area contributed by atoms with E-state index in [2.05, 4.69) is 17.3 Å². The van der Waals surface area contributed by atoms with Crippen molar-refractivity contribution in [2.75, 3.05) is 7.05 Å². The molecule has 108 valence electrons. The number of rotatable bonds is 6. The van der Waals surface area contributed by atoms with Crippen LogP contribution < -0.4 is 5.32 Å². The highest BCUT2D eigenvalue weighted by atomic mass is 35.5. The number of aryl methyl sites for hydroxylation is 1. The minimum atomic E-state index is -0.338. The van der Waals surface area contributed by atoms with Crippen LogP contribution in [0, 0.1) is 5.82 Å². The quantitative estimate of drug-likeness (QED) is 0.882. The largest absolute Gasteiger partial charge is 0.313 e. The highest BCUT2D eigenvalue weighted by Crippen LogP contribution is 2.23. The van der Waals surface area contributed by atoms with Crippen molar-refractivity contribution in [2.24, 2.45) is 0 Å². The van der Waals surface area contributed by atoms with Gasteiger partial charge in [0.2, 0.25) is 0 Å². The fourth-order valence-electron chi connectivity index (χ4n) is 2.22. The van der Waals surface area contributed by atoms with Crippen LogP contribution in [0.5, 0.6) is 0 Å². The molecule has 0 saturated carbocycles. The van der Waals surface area contributed by atoms with E-state index in [0.29, 0.717) is 12.0 Å². The number of nitrogens with zero attached hydrogens (tertiary/aromatic N) is 2. The highest BCUT2D eigenvalue weighted by Gasteiger charge is 2.15. The van der Waals surface area contributed by atoms with E-state index in [1.165, 1.54) is 0 Å². The molecule has 20 heavy (non-hydrogen) atoms. The normalized spacial score (nSPS) is 12.6. The number of nitrogens with one attached hydrogen (secondary N) is 1. The van der Waals surface area contributed by atoms with Crippen LogP contribution in [0.3, 0.4) is 0 Å². The van der Waals surface area contributed by atoms with Crippen LogP contribution >= 0.6 is 11.6 Å². The number of aromatic nitrogens is 2. The van der Waals surface area contributed by atoms with Crippen molar-refractivity contribution in [1.82, 2.24) is 15.1 Å². The summed E-state index contributed by atoms with van der Waals surface area (Å²) in [6.45, 7) is 3.00. The van der Waals surface area contributed by atoms with Gasteiger partial charge in [-0.2, -0.15) is 5.10 Å². The predicted molar refractivity (Wildman–Crippen MR) is 79.4 cm³/mol. The van der Waals surface area contributed by atoms with Crippen LogP contribution in [0.15, 0.2) is 30.6 Å². The summed E-state index contributed by atoms with van der Waals surface area (Å²) in [5.41, 5.74) is 1.67. The van der Waals surface area contributed by atoms with Gasteiger partial charge in [0.1, 0.15) is 5.82 Å². The molecular weight excluding hydrogens is 277 g/mol. The molecule has 1 unspecified atom stereocenters. The molecule has 0 bridgehead atoms. The van der Waals surface area contributed by atoms with Crippen molar-refractivity contribution in [1.29, 1.82) is 0 Å². The molecule has 1 N–H and O–H groups in total. The lowest BCUT2D eigenvalue weighted by molar-refractivity contribution is 0.552.